The topological polar surface area (TPSA) is 56.0 Å². The van der Waals surface area contributed by atoms with Crippen LogP contribution >= 0.6 is 22.6 Å². The number of carbonyl (C=O) groups excluding carboxylic acids is 1. The summed E-state index contributed by atoms with van der Waals surface area (Å²) in [7, 11) is 0. The van der Waals surface area contributed by atoms with Gasteiger partial charge >= 0.3 is 0 Å². The molecule has 0 saturated carbocycles. The highest BCUT2D eigenvalue weighted by Gasteiger charge is 2.08. The first-order valence-electron chi connectivity index (χ1n) is 3.79. The summed E-state index contributed by atoms with van der Waals surface area (Å²) in [4.78, 5) is 14.6. The van der Waals surface area contributed by atoms with Crippen LogP contribution in [0.1, 0.15) is 21.6 Å². The predicted molar refractivity (Wildman–Crippen MR) is 60.6 cm³/mol. The summed E-state index contributed by atoms with van der Waals surface area (Å²) in [6, 6.07) is 1.52. The zero-order valence-electron chi connectivity index (χ0n) is 7.42. The van der Waals surface area contributed by atoms with E-state index in [4.69, 9.17) is 5.73 Å². The number of nitrogens with zero attached hydrogens (tertiary/aromatic N) is 1. The molecule has 0 fully saturated rings. The van der Waals surface area contributed by atoms with E-state index in [1.807, 2.05) is 0 Å². The molecule has 2 N–H and O–H groups in total. The van der Waals surface area contributed by atoms with Gasteiger partial charge in [0.05, 0.1) is 5.56 Å². The van der Waals surface area contributed by atoms with Gasteiger partial charge < -0.3 is 5.73 Å². The number of hydrogen-bond acceptors (Lipinski definition) is 2. The van der Waals surface area contributed by atoms with E-state index in [1.54, 1.807) is 29.5 Å². The number of pyridine rings is 1. The maximum Gasteiger partial charge on any atom is 0.250 e. The highest BCUT2D eigenvalue weighted by molar-refractivity contribution is 14.1. The monoisotopic (exact) mass is 306 g/mol. The number of halogens is 2. The van der Waals surface area contributed by atoms with Gasteiger partial charge in [-0.25, -0.2) is 4.39 Å². The van der Waals surface area contributed by atoms with Crippen LogP contribution in [0.25, 0.3) is 5.83 Å². The molecule has 0 spiro atoms. The lowest BCUT2D eigenvalue weighted by Gasteiger charge is -2.02. The quantitative estimate of drug-likeness (QED) is 0.852. The second-order valence-electron chi connectivity index (χ2n) is 2.71. The fourth-order valence-corrected chi connectivity index (χ4v) is 1.31. The zero-order chi connectivity index (χ0) is 10.7. The molecule has 1 amide bonds. The van der Waals surface area contributed by atoms with Crippen LogP contribution in [0, 0.1) is 6.92 Å². The third-order valence-electron chi connectivity index (χ3n) is 1.68. The van der Waals surface area contributed by atoms with E-state index in [0.29, 0.717) is 5.56 Å². The molecule has 74 valence electrons. The first kappa shape index (κ1) is 11.1. The fourth-order valence-electron chi connectivity index (χ4n) is 1.01. The van der Waals surface area contributed by atoms with Gasteiger partial charge in [-0.3, -0.25) is 9.78 Å². The van der Waals surface area contributed by atoms with E-state index in [2.05, 4.69) is 4.98 Å². The van der Waals surface area contributed by atoms with Crippen molar-refractivity contribution in [3.05, 3.63) is 33.2 Å². The van der Waals surface area contributed by atoms with E-state index >= 15 is 0 Å². The van der Waals surface area contributed by atoms with E-state index in [-0.39, 0.29) is 11.3 Å². The van der Waals surface area contributed by atoms with Crippen molar-refractivity contribution in [2.24, 2.45) is 5.73 Å². The largest absolute Gasteiger partial charge is 0.366 e. The Balaban J connectivity index is 3.20. The molecule has 0 aliphatic heterocycles. The molecule has 14 heavy (non-hydrogen) atoms. The molecule has 0 bridgehead atoms. The van der Waals surface area contributed by atoms with Crippen molar-refractivity contribution in [2.75, 3.05) is 0 Å². The summed E-state index contributed by atoms with van der Waals surface area (Å²) < 4.78 is 14.4. The molecule has 0 atom stereocenters. The second kappa shape index (κ2) is 4.50. The number of hydrogen-bond donors (Lipinski definition) is 1. The summed E-state index contributed by atoms with van der Waals surface area (Å²) in [5.74, 6) is -0.981. The molecule has 0 radical (unpaired) electrons. The number of rotatable bonds is 2. The van der Waals surface area contributed by atoms with Crippen LogP contribution in [-0.4, -0.2) is 10.9 Å². The minimum atomic E-state index is -0.564. The zero-order valence-corrected chi connectivity index (χ0v) is 9.58. The molecule has 1 rings (SSSR count). The van der Waals surface area contributed by atoms with Gasteiger partial charge in [0.25, 0.3) is 0 Å². The average molecular weight is 306 g/mol. The van der Waals surface area contributed by atoms with Gasteiger partial charge in [-0.05, 0) is 41.1 Å². The molecule has 0 aliphatic rings. The molecule has 0 aliphatic carbocycles. The van der Waals surface area contributed by atoms with Crippen molar-refractivity contribution in [3.63, 3.8) is 0 Å². The smallest absolute Gasteiger partial charge is 0.250 e. The molecular weight excluding hydrogens is 298 g/mol. The predicted octanol–water partition coefficient (Wildman–Crippen LogP) is 2.19. The summed E-state index contributed by atoms with van der Waals surface area (Å²) in [6.07, 6.45) is 1.27. The van der Waals surface area contributed by atoms with Crippen LogP contribution in [0.2, 0.25) is 0 Å². The summed E-state index contributed by atoms with van der Waals surface area (Å²) in [5, 5.41) is 0. The average Bonchev–Trinajstić information content (AvgIpc) is 2.16. The van der Waals surface area contributed by atoms with Crippen LogP contribution < -0.4 is 5.73 Å². The van der Waals surface area contributed by atoms with Crippen molar-refractivity contribution in [1.29, 1.82) is 0 Å². The SMILES string of the molecule is Cc1cc(C(N)=O)cnc1C(F)=CI. The Kier molecular flexibility index (Phi) is 3.56. The Labute approximate surface area is 94.4 Å². The van der Waals surface area contributed by atoms with Gasteiger partial charge in [0.15, 0.2) is 5.83 Å². The molecule has 1 aromatic rings. The Morgan fingerprint density at radius 1 is 1.71 bits per heavy atom. The molecule has 0 saturated heterocycles. The Morgan fingerprint density at radius 3 is 2.79 bits per heavy atom. The highest BCUT2D eigenvalue weighted by Crippen LogP contribution is 2.19. The minimum absolute atomic E-state index is 0.240. The standard InChI is InChI=1S/C9H8FIN2O/c1-5-2-6(9(12)14)4-13-8(5)7(10)3-11/h2-4H,1H3,(H2,12,14). The fraction of sp³-hybridized carbons (Fsp3) is 0.111. The van der Waals surface area contributed by atoms with Gasteiger partial charge in [-0.15, -0.1) is 0 Å². The van der Waals surface area contributed by atoms with Crippen LogP contribution in [0.3, 0.4) is 0 Å². The molecular formula is C9H8FIN2O. The first-order valence-corrected chi connectivity index (χ1v) is 5.03. The summed E-state index contributed by atoms with van der Waals surface area (Å²) in [6.45, 7) is 1.68. The minimum Gasteiger partial charge on any atom is -0.366 e. The Hall–Kier alpha value is -0.980. The lowest BCUT2D eigenvalue weighted by molar-refractivity contribution is 0.1000. The maximum absolute atomic E-state index is 13.1. The Morgan fingerprint density at radius 2 is 2.36 bits per heavy atom. The number of primary amides is 1. The van der Waals surface area contributed by atoms with Crippen LogP contribution in [0.4, 0.5) is 4.39 Å². The van der Waals surface area contributed by atoms with Gasteiger partial charge in [0.1, 0.15) is 5.69 Å². The number of carbonyl (C=O) groups is 1. The van der Waals surface area contributed by atoms with E-state index in [9.17, 15) is 9.18 Å². The maximum atomic E-state index is 13.1. The second-order valence-corrected chi connectivity index (χ2v) is 3.33. The third kappa shape index (κ3) is 2.28. The van der Waals surface area contributed by atoms with Crippen molar-refractivity contribution in [3.8, 4) is 0 Å². The van der Waals surface area contributed by atoms with Crippen molar-refractivity contribution >= 4 is 34.3 Å². The Bertz CT molecular complexity index is 404. The number of aryl methyl sites for hydroxylation is 1. The van der Waals surface area contributed by atoms with Crippen molar-refractivity contribution < 1.29 is 9.18 Å². The van der Waals surface area contributed by atoms with Gasteiger partial charge in [0.2, 0.25) is 5.91 Å². The number of amides is 1. The van der Waals surface area contributed by atoms with Crippen LogP contribution in [0.15, 0.2) is 16.3 Å². The van der Waals surface area contributed by atoms with Crippen molar-refractivity contribution in [2.45, 2.75) is 6.92 Å². The van der Waals surface area contributed by atoms with Gasteiger partial charge in [0, 0.05) is 10.3 Å². The van der Waals surface area contributed by atoms with Gasteiger partial charge in [-0.1, -0.05) is 0 Å². The van der Waals surface area contributed by atoms with E-state index in [0.717, 1.165) is 0 Å². The van der Waals surface area contributed by atoms with Gasteiger partial charge in [-0.2, -0.15) is 0 Å². The lowest BCUT2D eigenvalue weighted by Crippen LogP contribution is -2.12. The summed E-state index contributed by atoms with van der Waals surface area (Å²) >= 11 is 1.79. The molecule has 3 nitrogen and oxygen atoms in total. The van der Waals surface area contributed by atoms with Crippen LogP contribution in [-0.2, 0) is 0 Å². The molecule has 1 heterocycles. The normalized spacial score (nSPS) is 11.5. The number of aromatic nitrogens is 1. The molecule has 1 aromatic heterocycles. The van der Waals surface area contributed by atoms with E-state index < -0.39 is 11.7 Å². The molecule has 0 aromatic carbocycles. The van der Waals surface area contributed by atoms with Crippen molar-refractivity contribution in [1.82, 2.24) is 4.98 Å². The first-order chi connectivity index (χ1) is 6.56. The van der Waals surface area contributed by atoms with E-state index in [1.165, 1.54) is 16.3 Å². The molecule has 5 heteroatoms. The highest BCUT2D eigenvalue weighted by atomic mass is 127. The summed E-state index contributed by atoms with van der Waals surface area (Å²) in [5.41, 5.74) is 6.17. The number of nitrogens with two attached hydrogens (primary N) is 1. The lowest BCUT2D eigenvalue weighted by atomic mass is 10.1. The third-order valence-corrected chi connectivity index (χ3v) is 2.23. The van der Waals surface area contributed by atoms with Crippen LogP contribution in [0.5, 0.6) is 0 Å². The molecule has 0 unspecified atom stereocenters.